The van der Waals surface area contributed by atoms with Gasteiger partial charge in [0.2, 0.25) is 5.91 Å². The molecule has 1 heterocycles. The maximum atomic E-state index is 13.7. The Morgan fingerprint density at radius 3 is 2.92 bits per heavy atom. The van der Waals surface area contributed by atoms with Crippen LogP contribution in [0.15, 0.2) is 34.9 Å². The number of benzene rings is 1. The Labute approximate surface area is 139 Å². The molecular weight excluding hydrogens is 311 g/mol. The first-order valence-electron chi connectivity index (χ1n) is 8.30. The molecule has 1 aliphatic carbocycles. The van der Waals surface area contributed by atoms with E-state index in [0.29, 0.717) is 23.6 Å². The van der Waals surface area contributed by atoms with Gasteiger partial charge in [-0.05, 0) is 25.0 Å². The highest BCUT2D eigenvalue weighted by molar-refractivity contribution is 5.76. The summed E-state index contributed by atoms with van der Waals surface area (Å²) in [5.74, 6) is 0.245. The summed E-state index contributed by atoms with van der Waals surface area (Å²) in [6.45, 7) is 0. The van der Waals surface area contributed by atoms with Crippen LogP contribution in [-0.2, 0) is 11.2 Å². The van der Waals surface area contributed by atoms with Gasteiger partial charge in [-0.3, -0.25) is 4.79 Å². The average Bonchev–Trinajstić information content (AvgIpc) is 3.04. The van der Waals surface area contributed by atoms with Crippen molar-refractivity contribution in [1.29, 1.82) is 0 Å². The van der Waals surface area contributed by atoms with Crippen molar-refractivity contribution in [3.05, 3.63) is 42.2 Å². The number of nitrogens with zero attached hydrogens (tertiary/aromatic N) is 1. The van der Waals surface area contributed by atoms with E-state index in [1.807, 2.05) is 0 Å². The molecule has 6 heteroatoms. The summed E-state index contributed by atoms with van der Waals surface area (Å²) in [5, 5.41) is 12.7. The van der Waals surface area contributed by atoms with E-state index in [1.165, 1.54) is 12.3 Å². The molecule has 3 rings (SSSR count). The van der Waals surface area contributed by atoms with Crippen LogP contribution in [0.4, 0.5) is 4.39 Å². The second kappa shape index (κ2) is 7.57. The van der Waals surface area contributed by atoms with E-state index >= 15 is 0 Å². The van der Waals surface area contributed by atoms with Crippen molar-refractivity contribution < 1.29 is 18.7 Å². The fourth-order valence-electron chi connectivity index (χ4n) is 2.99. The minimum absolute atomic E-state index is 0.133. The predicted octanol–water partition coefficient (Wildman–Crippen LogP) is 2.83. The Bertz CT molecular complexity index is 701. The van der Waals surface area contributed by atoms with Crippen LogP contribution in [0.1, 0.15) is 38.0 Å². The molecule has 5 nitrogen and oxygen atoms in total. The Morgan fingerprint density at radius 1 is 1.33 bits per heavy atom. The maximum absolute atomic E-state index is 13.7. The monoisotopic (exact) mass is 332 g/mol. The molecule has 0 saturated heterocycles. The lowest BCUT2D eigenvalue weighted by Gasteiger charge is -2.28. The second-order valence-corrected chi connectivity index (χ2v) is 6.12. The molecule has 1 saturated carbocycles. The van der Waals surface area contributed by atoms with Gasteiger partial charge in [0.25, 0.3) is 0 Å². The number of aromatic nitrogens is 1. The fourth-order valence-corrected chi connectivity index (χ4v) is 2.99. The molecule has 0 radical (unpaired) electrons. The van der Waals surface area contributed by atoms with Crippen LogP contribution in [0.25, 0.3) is 11.3 Å². The molecule has 0 spiro atoms. The number of hydrogen-bond donors (Lipinski definition) is 2. The van der Waals surface area contributed by atoms with Gasteiger partial charge in [-0.25, -0.2) is 9.37 Å². The second-order valence-electron chi connectivity index (χ2n) is 6.12. The topological polar surface area (TPSA) is 75.4 Å². The van der Waals surface area contributed by atoms with Gasteiger partial charge in [-0.15, -0.1) is 0 Å². The van der Waals surface area contributed by atoms with Gasteiger partial charge in [0, 0.05) is 12.8 Å². The number of halogens is 1. The van der Waals surface area contributed by atoms with Crippen molar-refractivity contribution in [2.45, 2.75) is 50.7 Å². The van der Waals surface area contributed by atoms with Gasteiger partial charge < -0.3 is 14.8 Å². The van der Waals surface area contributed by atoms with Gasteiger partial charge in [0.1, 0.15) is 5.82 Å². The number of aliphatic hydroxyl groups is 1. The molecule has 1 aromatic heterocycles. The molecule has 2 aromatic rings. The van der Waals surface area contributed by atoms with Gasteiger partial charge in [0.15, 0.2) is 11.7 Å². The number of hydrogen-bond acceptors (Lipinski definition) is 4. The number of carbonyl (C=O) groups excluding carboxylic acids is 1. The van der Waals surface area contributed by atoms with E-state index < -0.39 is 6.10 Å². The highest BCUT2D eigenvalue weighted by Crippen LogP contribution is 2.23. The lowest BCUT2D eigenvalue weighted by atomic mass is 9.92. The summed E-state index contributed by atoms with van der Waals surface area (Å²) in [5.41, 5.74) is 0.353. The summed E-state index contributed by atoms with van der Waals surface area (Å²) in [6.07, 6.45) is 5.13. The first-order valence-corrected chi connectivity index (χ1v) is 8.30. The molecule has 1 aromatic carbocycles. The number of oxazole rings is 1. The Kier molecular flexibility index (Phi) is 5.25. The van der Waals surface area contributed by atoms with Gasteiger partial charge in [-0.1, -0.05) is 25.0 Å². The Morgan fingerprint density at radius 2 is 2.12 bits per heavy atom. The SMILES string of the molecule is O=C(CCc1ncc(-c2ccccc2F)o1)NC1CCCCC1O. The Hall–Kier alpha value is -2.21. The number of rotatable bonds is 5. The predicted molar refractivity (Wildman–Crippen MR) is 86.6 cm³/mol. The van der Waals surface area contributed by atoms with Gasteiger partial charge in [-0.2, -0.15) is 0 Å². The molecule has 2 N–H and O–H groups in total. The van der Waals surface area contributed by atoms with Gasteiger partial charge in [0.05, 0.1) is 23.9 Å². The van der Waals surface area contributed by atoms with Crippen molar-refractivity contribution in [2.75, 3.05) is 0 Å². The van der Waals surface area contributed by atoms with Crippen molar-refractivity contribution in [1.82, 2.24) is 10.3 Å². The summed E-state index contributed by atoms with van der Waals surface area (Å²) < 4.78 is 19.3. The first kappa shape index (κ1) is 16.6. The van der Waals surface area contributed by atoms with Crippen LogP contribution in [0.3, 0.4) is 0 Å². The quantitative estimate of drug-likeness (QED) is 0.883. The fraction of sp³-hybridized carbons (Fsp3) is 0.444. The van der Waals surface area contributed by atoms with Crippen molar-refractivity contribution >= 4 is 5.91 Å². The maximum Gasteiger partial charge on any atom is 0.220 e. The number of aryl methyl sites for hydroxylation is 1. The van der Waals surface area contributed by atoms with E-state index in [0.717, 1.165) is 25.7 Å². The molecule has 128 valence electrons. The van der Waals surface area contributed by atoms with Crippen LogP contribution in [0.5, 0.6) is 0 Å². The molecule has 24 heavy (non-hydrogen) atoms. The molecular formula is C18H21FN2O3. The van der Waals surface area contributed by atoms with Crippen LogP contribution in [-0.4, -0.2) is 28.1 Å². The third-order valence-electron chi connectivity index (χ3n) is 4.33. The highest BCUT2D eigenvalue weighted by Gasteiger charge is 2.24. The lowest BCUT2D eigenvalue weighted by molar-refractivity contribution is -0.123. The van der Waals surface area contributed by atoms with Crippen LogP contribution >= 0.6 is 0 Å². The largest absolute Gasteiger partial charge is 0.441 e. The smallest absolute Gasteiger partial charge is 0.220 e. The van der Waals surface area contributed by atoms with Crippen molar-refractivity contribution in [3.63, 3.8) is 0 Å². The van der Waals surface area contributed by atoms with Crippen molar-refractivity contribution in [2.24, 2.45) is 0 Å². The number of nitrogens with one attached hydrogen (secondary N) is 1. The molecule has 2 atom stereocenters. The van der Waals surface area contributed by atoms with E-state index in [-0.39, 0.29) is 24.2 Å². The van der Waals surface area contributed by atoms with Crippen LogP contribution in [0, 0.1) is 5.82 Å². The zero-order chi connectivity index (χ0) is 16.9. The van der Waals surface area contributed by atoms with E-state index in [2.05, 4.69) is 10.3 Å². The third kappa shape index (κ3) is 4.00. The zero-order valence-corrected chi connectivity index (χ0v) is 13.4. The standard InChI is InChI=1S/C18H21FN2O3/c19-13-6-2-1-5-12(13)16-11-20-18(24-16)10-9-17(23)21-14-7-3-4-8-15(14)22/h1-2,5-6,11,14-15,22H,3-4,7-10H2,(H,21,23). The summed E-state index contributed by atoms with van der Waals surface area (Å²) in [7, 11) is 0. The molecule has 1 aliphatic rings. The number of amides is 1. The normalized spacial score (nSPS) is 20.8. The molecule has 1 amide bonds. The molecule has 0 aliphatic heterocycles. The van der Waals surface area contributed by atoms with E-state index in [4.69, 9.17) is 4.42 Å². The molecule has 2 unspecified atom stereocenters. The van der Waals surface area contributed by atoms with Crippen LogP contribution < -0.4 is 5.32 Å². The van der Waals surface area contributed by atoms with Crippen LogP contribution in [0.2, 0.25) is 0 Å². The molecule has 0 bridgehead atoms. The highest BCUT2D eigenvalue weighted by atomic mass is 19.1. The first-order chi connectivity index (χ1) is 11.6. The Balaban J connectivity index is 1.54. The third-order valence-corrected chi connectivity index (χ3v) is 4.33. The zero-order valence-electron chi connectivity index (χ0n) is 13.4. The minimum Gasteiger partial charge on any atom is -0.441 e. The summed E-state index contributed by atoms with van der Waals surface area (Å²) in [4.78, 5) is 16.1. The van der Waals surface area contributed by atoms with Crippen molar-refractivity contribution in [3.8, 4) is 11.3 Å². The lowest BCUT2D eigenvalue weighted by Crippen LogP contribution is -2.45. The number of aliphatic hydroxyl groups excluding tert-OH is 1. The number of carbonyl (C=O) groups is 1. The summed E-state index contributed by atoms with van der Waals surface area (Å²) in [6, 6.07) is 6.16. The van der Waals surface area contributed by atoms with E-state index in [9.17, 15) is 14.3 Å². The van der Waals surface area contributed by atoms with Gasteiger partial charge >= 0.3 is 0 Å². The molecule has 1 fully saturated rings. The average molecular weight is 332 g/mol. The van der Waals surface area contributed by atoms with E-state index in [1.54, 1.807) is 18.2 Å². The summed E-state index contributed by atoms with van der Waals surface area (Å²) >= 11 is 0. The minimum atomic E-state index is -0.461.